The van der Waals surface area contributed by atoms with Crippen LogP contribution in [-0.2, 0) is 14.3 Å². The molecule has 0 bridgehead atoms. The normalized spacial score (nSPS) is 12.4. The van der Waals surface area contributed by atoms with E-state index in [1.54, 1.807) is 6.92 Å². The molecule has 0 aliphatic heterocycles. The fraction of sp³-hybridized carbons (Fsp3) is 0.833. The first-order valence-corrected chi connectivity index (χ1v) is 11.6. The molecule has 0 N–H and O–H groups in total. The van der Waals surface area contributed by atoms with Gasteiger partial charge in [-0.15, -0.1) is 0 Å². The smallest absolute Gasteiger partial charge is 0.309 e. The highest BCUT2D eigenvalue weighted by Gasteiger charge is 2.18. The van der Waals surface area contributed by atoms with E-state index in [1.165, 1.54) is 77.0 Å². The van der Waals surface area contributed by atoms with Gasteiger partial charge < -0.3 is 14.6 Å². The molecular formula is C24H43O4-. The van der Waals surface area contributed by atoms with E-state index in [4.69, 9.17) is 4.74 Å². The molecule has 164 valence electrons. The molecule has 0 saturated carbocycles. The van der Waals surface area contributed by atoms with Crippen molar-refractivity contribution < 1.29 is 19.4 Å². The van der Waals surface area contributed by atoms with E-state index in [1.807, 2.05) is 6.08 Å². The Labute approximate surface area is 173 Å². The van der Waals surface area contributed by atoms with Gasteiger partial charge >= 0.3 is 5.97 Å². The summed E-state index contributed by atoms with van der Waals surface area (Å²) in [6, 6.07) is 0. The number of esters is 1. The predicted molar refractivity (Wildman–Crippen MR) is 114 cm³/mol. The first-order valence-electron chi connectivity index (χ1n) is 11.6. The number of carboxylic acids is 1. The Hall–Kier alpha value is -1.32. The van der Waals surface area contributed by atoms with E-state index >= 15 is 0 Å². The molecular weight excluding hydrogens is 352 g/mol. The van der Waals surface area contributed by atoms with Crippen LogP contribution < -0.4 is 5.11 Å². The van der Waals surface area contributed by atoms with Gasteiger partial charge in [-0.05, 0) is 26.2 Å². The largest absolute Gasteiger partial charge is 0.550 e. The molecule has 1 atom stereocenters. The summed E-state index contributed by atoms with van der Waals surface area (Å²) < 4.78 is 4.92. The van der Waals surface area contributed by atoms with Gasteiger partial charge in [0.15, 0.2) is 0 Å². The van der Waals surface area contributed by atoms with Crippen LogP contribution in [0.1, 0.15) is 117 Å². The third kappa shape index (κ3) is 18.1. The number of allylic oxidation sites excluding steroid dienone is 2. The molecule has 0 aliphatic carbocycles. The lowest BCUT2D eigenvalue weighted by molar-refractivity contribution is -0.306. The van der Waals surface area contributed by atoms with Crippen molar-refractivity contribution >= 4 is 11.9 Å². The van der Waals surface area contributed by atoms with Gasteiger partial charge in [-0.2, -0.15) is 0 Å². The van der Waals surface area contributed by atoms with Crippen molar-refractivity contribution in [3.8, 4) is 0 Å². The van der Waals surface area contributed by atoms with Crippen molar-refractivity contribution in [2.45, 2.75) is 117 Å². The van der Waals surface area contributed by atoms with Crippen molar-refractivity contribution in [1.29, 1.82) is 0 Å². The van der Waals surface area contributed by atoms with Crippen molar-refractivity contribution in [2.75, 3.05) is 6.61 Å². The maximum Gasteiger partial charge on any atom is 0.309 e. The Morgan fingerprint density at radius 3 is 1.75 bits per heavy atom. The zero-order valence-electron chi connectivity index (χ0n) is 18.4. The SMILES string of the molecule is CCCCCCCCCCCCCCCC=CCC(CC(=O)[O-])C(=O)OCC. The second-order valence-corrected chi connectivity index (χ2v) is 7.76. The number of aliphatic carboxylic acids is 1. The van der Waals surface area contributed by atoms with Gasteiger partial charge in [0.05, 0.1) is 12.5 Å². The number of hydrogen-bond donors (Lipinski definition) is 0. The minimum absolute atomic E-state index is 0.269. The Morgan fingerprint density at radius 2 is 1.29 bits per heavy atom. The van der Waals surface area contributed by atoms with Crippen molar-refractivity contribution in [2.24, 2.45) is 5.92 Å². The van der Waals surface area contributed by atoms with Gasteiger partial charge in [0.25, 0.3) is 0 Å². The minimum atomic E-state index is -1.21. The van der Waals surface area contributed by atoms with Crippen LogP contribution in [0, 0.1) is 5.92 Å². The zero-order chi connectivity index (χ0) is 20.9. The van der Waals surface area contributed by atoms with E-state index in [0.717, 1.165) is 12.8 Å². The highest BCUT2D eigenvalue weighted by atomic mass is 16.5. The summed E-state index contributed by atoms with van der Waals surface area (Å²) >= 11 is 0. The van der Waals surface area contributed by atoms with Crippen LogP contribution in [0.15, 0.2) is 12.2 Å². The van der Waals surface area contributed by atoms with Crippen molar-refractivity contribution in [3.63, 3.8) is 0 Å². The van der Waals surface area contributed by atoms with Crippen LogP contribution in [0.3, 0.4) is 0 Å². The van der Waals surface area contributed by atoms with Gasteiger partial charge in [-0.3, -0.25) is 4.79 Å². The lowest BCUT2D eigenvalue weighted by Crippen LogP contribution is -2.29. The fourth-order valence-corrected chi connectivity index (χ4v) is 3.38. The summed E-state index contributed by atoms with van der Waals surface area (Å²) in [4.78, 5) is 22.5. The first-order chi connectivity index (χ1) is 13.6. The summed E-state index contributed by atoms with van der Waals surface area (Å²) in [6.45, 7) is 4.25. The lowest BCUT2D eigenvalue weighted by Gasteiger charge is -2.14. The summed E-state index contributed by atoms with van der Waals surface area (Å²) in [5, 5.41) is 10.7. The Morgan fingerprint density at radius 1 is 0.786 bits per heavy atom. The molecule has 4 nitrogen and oxygen atoms in total. The van der Waals surface area contributed by atoms with Crippen LogP contribution in [-0.4, -0.2) is 18.5 Å². The van der Waals surface area contributed by atoms with Crippen LogP contribution in [0.5, 0.6) is 0 Å². The van der Waals surface area contributed by atoms with Gasteiger partial charge in [-0.25, -0.2) is 0 Å². The maximum absolute atomic E-state index is 11.7. The summed E-state index contributed by atoms with van der Waals surface area (Å²) in [5.74, 6) is -2.28. The summed E-state index contributed by atoms with van der Waals surface area (Å²) in [5.41, 5.74) is 0. The van der Waals surface area contributed by atoms with Crippen LogP contribution >= 0.6 is 0 Å². The van der Waals surface area contributed by atoms with E-state index in [9.17, 15) is 14.7 Å². The van der Waals surface area contributed by atoms with E-state index < -0.39 is 17.9 Å². The summed E-state index contributed by atoms with van der Waals surface area (Å²) in [6.07, 6.45) is 22.6. The highest BCUT2D eigenvalue weighted by Crippen LogP contribution is 2.14. The van der Waals surface area contributed by atoms with E-state index in [-0.39, 0.29) is 13.0 Å². The molecule has 0 heterocycles. The van der Waals surface area contributed by atoms with Gasteiger partial charge in [-0.1, -0.05) is 96.1 Å². The van der Waals surface area contributed by atoms with Gasteiger partial charge in [0.1, 0.15) is 0 Å². The van der Waals surface area contributed by atoms with Crippen LogP contribution in [0.25, 0.3) is 0 Å². The topological polar surface area (TPSA) is 66.4 Å². The fourth-order valence-electron chi connectivity index (χ4n) is 3.38. The average Bonchev–Trinajstić information content (AvgIpc) is 2.66. The number of unbranched alkanes of at least 4 members (excludes halogenated alkanes) is 13. The number of carboxylic acid groups (broad SMARTS) is 1. The third-order valence-corrected chi connectivity index (χ3v) is 5.09. The molecule has 0 radical (unpaired) electrons. The van der Waals surface area contributed by atoms with Crippen molar-refractivity contribution in [3.05, 3.63) is 12.2 Å². The molecule has 28 heavy (non-hydrogen) atoms. The van der Waals surface area contributed by atoms with Gasteiger partial charge in [0, 0.05) is 12.4 Å². The van der Waals surface area contributed by atoms with E-state index in [0.29, 0.717) is 6.42 Å². The first kappa shape index (κ1) is 26.7. The maximum atomic E-state index is 11.7. The molecule has 0 saturated heterocycles. The quantitative estimate of drug-likeness (QED) is 0.150. The molecule has 4 heteroatoms. The molecule has 0 aromatic rings. The standard InChI is InChI=1S/C24H44O4/c1-3-5-6-7-8-9-10-11-12-13-14-15-16-17-18-19-20-22(21-23(25)26)24(27)28-4-2/h18-19,22H,3-17,20-21H2,1-2H3,(H,25,26)/p-1. The predicted octanol–water partition coefficient (Wildman–Crippen LogP) is 5.73. The second-order valence-electron chi connectivity index (χ2n) is 7.76. The molecule has 0 aliphatic rings. The number of ether oxygens (including phenoxy) is 1. The molecule has 1 unspecified atom stereocenters. The molecule has 0 aromatic heterocycles. The Bertz CT molecular complexity index is 403. The third-order valence-electron chi connectivity index (χ3n) is 5.09. The summed E-state index contributed by atoms with van der Waals surface area (Å²) in [7, 11) is 0. The lowest BCUT2D eigenvalue weighted by atomic mass is 10.0. The van der Waals surface area contributed by atoms with E-state index in [2.05, 4.69) is 13.0 Å². The Kier molecular flexibility index (Phi) is 19.5. The molecule has 0 fully saturated rings. The number of rotatable bonds is 20. The highest BCUT2D eigenvalue weighted by molar-refractivity contribution is 5.78. The second kappa shape index (κ2) is 20.4. The Balaban J connectivity index is 3.53. The minimum Gasteiger partial charge on any atom is -0.550 e. The average molecular weight is 396 g/mol. The number of carbonyl (C=O) groups excluding carboxylic acids is 2. The molecule has 0 amide bonds. The monoisotopic (exact) mass is 395 g/mol. The van der Waals surface area contributed by atoms with Gasteiger partial charge in [0.2, 0.25) is 0 Å². The van der Waals surface area contributed by atoms with Crippen LogP contribution in [0.2, 0.25) is 0 Å². The molecule has 0 rings (SSSR count). The van der Waals surface area contributed by atoms with Crippen molar-refractivity contribution in [1.82, 2.24) is 0 Å². The molecule has 0 spiro atoms. The number of hydrogen-bond acceptors (Lipinski definition) is 4. The van der Waals surface area contributed by atoms with Crippen LogP contribution in [0.4, 0.5) is 0 Å². The number of carbonyl (C=O) groups is 2. The molecule has 0 aromatic carbocycles. The zero-order valence-corrected chi connectivity index (χ0v) is 18.4.